The number of carbonyl (C=O) groups is 1. The first-order valence-corrected chi connectivity index (χ1v) is 7.86. The molecule has 0 aliphatic carbocycles. The maximum atomic E-state index is 12.0. The van der Waals surface area contributed by atoms with Crippen LogP contribution in [-0.2, 0) is 0 Å². The van der Waals surface area contributed by atoms with Crippen molar-refractivity contribution in [3.63, 3.8) is 0 Å². The number of allylic oxidation sites excluding steroid dienone is 1. The van der Waals surface area contributed by atoms with E-state index >= 15 is 0 Å². The van der Waals surface area contributed by atoms with Crippen LogP contribution in [0.3, 0.4) is 0 Å². The van der Waals surface area contributed by atoms with Crippen molar-refractivity contribution in [2.75, 3.05) is 0 Å². The summed E-state index contributed by atoms with van der Waals surface area (Å²) >= 11 is 3.38. The van der Waals surface area contributed by atoms with Crippen molar-refractivity contribution >= 4 is 34.1 Å². The molecule has 0 saturated carbocycles. The number of halogens is 1. The fourth-order valence-electron chi connectivity index (χ4n) is 1.95. The minimum atomic E-state index is -0.416. The Morgan fingerprint density at radius 3 is 2.83 bits per heavy atom. The van der Waals surface area contributed by atoms with Gasteiger partial charge in [-0.1, -0.05) is 30.3 Å². The number of rotatable bonds is 5. The van der Waals surface area contributed by atoms with Crippen molar-refractivity contribution in [3.8, 4) is 11.5 Å². The quantitative estimate of drug-likeness (QED) is 0.517. The van der Waals surface area contributed by atoms with E-state index < -0.39 is 5.91 Å². The first-order valence-electron chi connectivity index (χ1n) is 7.07. The van der Waals surface area contributed by atoms with Crippen LogP contribution in [-0.4, -0.2) is 22.3 Å². The summed E-state index contributed by atoms with van der Waals surface area (Å²) in [6.45, 7) is 0. The van der Waals surface area contributed by atoms with Gasteiger partial charge in [0, 0.05) is 10.5 Å². The van der Waals surface area contributed by atoms with Crippen molar-refractivity contribution in [1.29, 1.82) is 0 Å². The summed E-state index contributed by atoms with van der Waals surface area (Å²) in [4.78, 5) is 12.0. The highest BCUT2D eigenvalue weighted by molar-refractivity contribution is 9.12. The van der Waals surface area contributed by atoms with Gasteiger partial charge in [0.05, 0.1) is 12.5 Å². The van der Waals surface area contributed by atoms with Crippen molar-refractivity contribution in [2.45, 2.75) is 0 Å². The summed E-state index contributed by atoms with van der Waals surface area (Å²) in [7, 11) is 0. The van der Waals surface area contributed by atoms with Crippen LogP contribution < -0.4 is 5.43 Å². The van der Waals surface area contributed by atoms with Crippen LogP contribution >= 0.6 is 15.9 Å². The number of nitrogens with zero attached hydrogens (tertiary/aromatic N) is 2. The number of H-pyrrole nitrogens is 1. The van der Waals surface area contributed by atoms with E-state index in [0.717, 1.165) is 10.0 Å². The number of hydrazone groups is 1. The zero-order chi connectivity index (χ0) is 16.8. The molecule has 6 nitrogen and oxygen atoms in total. The number of furan rings is 1. The molecule has 0 spiro atoms. The molecular weight excluding hydrogens is 372 g/mol. The summed E-state index contributed by atoms with van der Waals surface area (Å²) in [6.07, 6.45) is 4.95. The van der Waals surface area contributed by atoms with Gasteiger partial charge < -0.3 is 4.42 Å². The van der Waals surface area contributed by atoms with Gasteiger partial charge in [0.1, 0.15) is 5.69 Å². The SMILES string of the molecule is O=C(NN=C/C(Br)=C/c1ccccc1)c1cc(-c2ccco2)[nH]n1. The topological polar surface area (TPSA) is 83.3 Å². The summed E-state index contributed by atoms with van der Waals surface area (Å²) in [6, 6.07) is 14.9. The maximum Gasteiger partial charge on any atom is 0.291 e. The van der Waals surface area contributed by atoms with Crippen molar-refractivity contribution in [3.05, 3.63) is 70.5 Å². The van der Waals surface area contributed by atoms with Gasteiger partial charge in [0.15, 0.2) is 11.5 Å². The Labute approximate surface area is 146 Å². The van der Waals surface area contributed by atoms with Gasteiger partial charge in [-0.2, -0.15) is 10.2 Å². The van der Waals surface area contributed by atoms with E-state index in [9.17, 15) is 4.79 Å². The third-order valence-electron chi connectivity index (χ3n) is 3.06. The normalized spacial score (nSPS) is 11.8. The van der Waals surface area contributed by atoms with Crippen molar-refractivity contribution < 1.29 is 9.21 Å². The highest BCUT2D eigenvalue weighted by Crippen LogP contribution is 2.17. The predicted octanol–water partition coefficient (Wildman–Crippen LogP) is 3.82. The van der Waals surface area contributed by atoms with Gasteiger partial charge in [-0.15, -0.1) is 0 Å². The number of hydrogen-bond donors (Lipinski definition) is 2. The van der Waals surface area contributed by atoms with Crippen LogP contribution in [0.1, 0.15) is 16.1 Å². The molecule has 0 aliphatic rings. The number of amides is 1. The summed E-state index contributed by atoms with van der Waals surface area (Å²) in [5.74, 6) is 0.193. The van der Waals surface area contributed by atoms with Crippen LogP contribution in [0.5, 0.6) is 0 Å². The molecule has 1 amide bonds. The standard InChI is InChI=1S/C17H13BrN4O2/c18-13(9-12-5-2-1-3-6-12)11-19-22-17(23)15-10-14(20-21-15)16-7-4-8-24-16/h1-11H,(H,20,21)(H,22,23)/b13-9-,19-11?. The van der Waals surface area contributed by atoms with E-state index in [0.29, 0.717) is 11.5 Å². The highest BCUT2D eigenvalue weighted by Gasteiger charge is 2.11. The van der Waals surface area contributed by atoms with Gasteiger partial charge in [0.2, 0.25) is 0 Å². The molecule has 0 fully saturated rings. The second kappa shape index (κ2) is 7.56. The predicted molar refractivity (Wildman–Crippen MR) is 95.6 cm³/mol. The lowest BCUT2D eigenvalue weighted by molar-refractivity contribution is 0.0950. The smallest absolute Gasteiger partial charge is 0.291 e. The molecule has 2 heterocycles. The molecule has 3 rings (SSSR count). The fraction of sp³-hybridized carbons (Fsp3) is 0. The van der Waals surface area contributed by atoms with Crippen molar-refractivity contribution in [2.24, 2.45) is 5.10 Å². The van der Waals surface area contributed by atoms with Gasteiger partial charge in [-0.25, -0.2) is 5.43 Å². The number of hydrogen-bond acceptors (Lipinski definition) is 4. The molecular formula is C17H13BrN4O2. The average Bonchev–Trinajstić information content (AvgIpc) is 3.27. The maximum absolute atomic E-state index is 12.0. The molecule has 0 bridgehead atoms. The van der Waals surface area contributed by atoms with E-state index in [1.807, 2.05) is 36.4 Å². The third kappa shape index (κ3) is 4.08. The largest absolute Gasteiger partial charge is 0.463 e. The molecule has 0 radical (unpaired) electrons. The first kappa shape index (κ1) is 15.9. The lowest BCUT2D eigenvalue weighted by Crippen LogP contribution is -2.17. The third-order valence-corrected chi connectivity index (χ3v) is 3.49. The molecule has 24 heavy (non-hydrogen) atoms. The Bertz CT molecular complexity index is 867. The molecule has 0 aliphatic heterocycles. The van der Waals surface area contributed by atoms with E-state index in [1.54, 1.807) is 24.5 Å². The molecule has 0 saturated heterocycles. The number of nitrogens with one attached hydrogen (secondary N) is 2. The lowest BCUT2D eigenvalue weighted by Gasteiger charge is -1.95. The zero-order valence-electron chi connectivity index (χ0n) is 12.4. The monoisotopic (exact) mass is 384 g/mol. The first-order chi connectivity index (χ1) is 11.7. The number of aromatic amines is 1. The Hall–Kier alpha value is -2.93. The summed E-state index contributed by atoms with van der Waals surface area (Å²) in [5, 5.41) is 10.6. The second-order valence-corrected chi connectivity index (χ2v) is 5.70. The second-order valence-electron chi connectivity index (χ2n) is 4.78. The van der Waals surface area contributed by atoms with Gasteiger partial charge >= 0.3 is 0 Å². The molecule has 2 N–H and O–H groups in total. The molecule has 2 aromatic heterocycles. The van der Waals surface area contributed by atoms with Gasteiger partial charge in [0.25, 0.3) is 5.91 Å². The number of carbonyl (C=O) groups excluding carboxylic acids is 1. The number of benzene rings is 1. The molecule has 120 valence electrons. The molecule has 0 unspecified atom stereocenters. The van der Waals surface area contributed by atoms with Crippen LogP contribution in [0.2, 0.25) is 0 Å². The van der Waals surface area contributed by atoms with Crippen LogP contribution in [0.15, 0.2) is 68.8 Å². The van der Waals surface area contributed by atoms with Crippen LogP contribution in [0, 0.1) is 0 Å². The Balaban J connectivity index is 1.60. The molecule has 1 aromatic carbocycles. The Kier molecular flexibility index (Phi) is 5.02. The van der Waals surface area contributed by atoms with E-state index in [4.69, 9.17) is 4.42 Å². The summed E-state index contributed by atoms with van der Waals surface area (Å²) in [5.41, 5.74) is 4.29. The van der Waals surface area contributed by atoms with Gasteiger partial charge in [-0.3, -0.25) is 9.89 Å². The highest BCUT2D eigenvalue weighted by atomic mass is 79.9. The summed E-state index contributed by atoms with van der Waals surface area (Å²) < 4.78 is 5.96. The molecule has 7 heteroatoms. The molecule has 0 atom stereocenters. The van der Waals surface area contributed by atoms with Crippen molar-refractivity contribution in [1.82, 2.24) is 15.6 Å². The van der Waals surface area contributed by atoms with E-state index in [1.165, 1.54) is 6.21 Å². The average molecular weight is 385 g/mol. The zero-order valence-corrected chi connectivity index (χ0v) is 14.0. The Morgan fingerprint density at radius 1 is 1.25 bits per heavy atom. The minimum absolute atomic E-state index is 0.224. The van der Waals surface area contributed by atoms with Crippen LogP contribution in [0.25, 0.3) is 17.5 Å². The fourth-order valence-corrected chi connectivity index (χ4v) is 2.32. The molecule has 3 aromatic rings. The Morgan fingerprint density at radius 2 is 2.08 bits per heavy atom. The van der Waals surface area contributed by atoms with Gasteiger partial charge in [-0.05, 0) is 39.7 Å². The van der Waals surface area contributed by atoms with E-state index in [2.05, 4.69) is 36.7 Å². The lowest BCUT2D eigenvalue weighted by atomic mass is 10.2. The minimum Gasteiger partial charge on any atom is -0.463 e. The van der Waals surface area contributed by atoms with Crippen LogP contribution in [0.4, 0.5) is 0 Å². The number of aromatic nitrogens is 2. The van der Waals surface area contributed by atoms with E-state index in [-0.39, 0.29) is 5.69 Å².